The SMILES string of the molecule is CCNC(=NCc1cc(OC)c(O)c(OC)c1)NC(C)c1cccc(Cl)c1. The second-order valence-corrected chi connectivity index (χ2v) is 6.40. The third kappa shape index (κ3) is 5.69. The lowest BCUT2D eigenvalue weighted by molar-refractivity contribution is 0.339. The molecule has 3 N–H and O–H groups in total. The number of benzene rings is 2. The van der Waals surface area contributed by atoms with Crippen molar-refractivity contribution in [3.8, 4) is 17.2 Å². The van der Waals surface area contributed by atoms with E-state index in [0.29, 0.717) is 29.0 Å². The molecule has 0 aliphatic rings. The number of nitrogens with zero attached hydrogens (tertiary/aromatic N) is 1. The van der Waals surface area contributed by atoms with Gasteiger partial charge in [0.1, 0.15) is 0 Å². The van der Waals surface area contributed by atoms with Crippen LogP contribution >= 0.6 is 11.6 Å². The number of aliphatic imine (C=N–C) groups is 1. The van der Waals surface area contributed by atoms with Gasteiger partial charge in [0, 0.05) is 11.6 Å². The predicted octanol–water partition coefficient (Wildman–Crippen LogP) is 3.88. The summed E-state index contributed by atoms with van der Waals surface area (Å²) < 4.78 is 10.4. The van der Waals surface area contributed by atoms with Gasteiger partial charge in [-0.2, -0.15) is 0 Å². The van der Waals surface area contributed by atoms with Crippen LogP contribution in [0.3, 0.4) is 0 Å². The summed E-state index contributed by atoms with van der Waals surface area (Å²) in [6, 6.07) is 11.2. The van der Waals surface area contributed by atoms with Gasteiger partial charge in [-0.3, -0.25) is 0 Å². The predicted molar refractivity (Wildman–Crippen MR) is 109 cm³/mol. The summed E-state index contributed by atoms with van der Waals surface area (Å²) in [5, 5.41) is 17.3. The van der Waals surface area contributed by atoms with Crippen LogP contribution in [0, 0.1) is 0 Å². The Balaban J connectivity index is 2.18. The van der Waals surface area contributed by atoms with Crippen LogP contribution in [0.5, 0.6) is 17.2 Å². The van der Waals surface area contributed by atoms with Gasteiger partial charge in [-0.1, -0.05) is 23.7 Å². The van der Waals surface area contributed by atoms with E-state index in [4.69, 9.17) is 21.1 Å². The van der Waals surface area contributed by atoms with E-state index in [0.717, 1.165) is 17.7 Å². The lowest BCUT2D eigenvalue weighted by atomic mass is 10.1. The first-order chi connectivity index (χ1) is 13.0. The number of aromatic hydroxyl groups is 1. The Morgan fingerprint density at radius 2 is 1.85 bits per heavy atom. The molecule has 1 atom stereocenters. The van der Waals surface area contributed by atoms with Crippen molar-refractivity contribution in [2.45, 2.75) is 26.4 Å². The van der Waals surface area contributed by atoms with E-state index in [1.807, 2.05) is 38.1 Å². The van der Waals surface area contributed by atoms with Gasteiger partial charge in [-0.25, -0.2) is 4.99 Å². The van der Waals surface area contributed by atoms with Crippen molar-refractivity contribution in [1.29, 1.82) is 0 Å². The third-order valence-corrected chi connectivity index (χ3v) is 4.24. The fraction of sp³-hybridized carbons (Fsp3) is 0.350. The van der Waals surface area contributed by atoms with Gasteiger partial charge in [0.05, 0.1) is 26.8 Å². The molecule has 0 heterocycles. The fourth-order valence-electron chi connectivity index (χ4n) is 2.59. The standard InChI is InChI=1S/C20H26ClN3O3/c1-5-22-20(24-13(2)15-7-6-8-16(21)11-15)23-12-14-9-17(26-3)19(25)18(10-14)27-4/h6-11,13,25H,5,12H2,1-4H3,(H2,22,23,24). The number of halogens is 1. The van der Waals surface area contributed by atoms with Crippen LogP contribution < -0.4 is 20.1 Å². The minimum Gasteiger partial charge on any atom is -0.502 e. The van der Waals surface area contributed by atoms with Crippen molar-refractivity contribution >= 4 is 17.6 Å². The Morgan fingerprint density at radius 1 is 1.19 bits per heavy atom. The monoisotopic (exact) mass is 391 g/mol. The van der Waals surface area contributed by atoms with Crippen molar-refractivity contribution in [3.63, 3.8) is 0 Å². The molecular formula is C20H26ClN3O3. The summed E-state index contributed by atoms with van der Waals surface area (Å²) in [6.07, 6.45) is 0. The average molecular weight is 392 g/mol. The number of hydrogen-bond donors (Lipinski definition) is 3. The van der Waals surface area contributed by atoms with Gasteiger partial charge in [-0.15, -0.1) is 0 Å². The molecule has 2 aromatic carbocycles. The highest BCUT2D eigenvalue weighted by molar-refractivity contribution is 6.30. The Labute approximate surface area is 165 Å². The molecule has 0 aliphatic carbocycles. The largest absolute Gasteiger partial charge is 0.502 e. The number of phenols is 1. The maximum atomic E-state index is 10.0. The van der Waals surface area contributed by atoms with Gasteiger partial charge in [0.15, 0.2) is 17.5 Å². The van der Waals surface area contributed by atoms with Crippen molar-refractivity contribution in [3.05, 3.63) is 52.5 Å². The fourth-order valence-corrected chi connectivity index (χ4v) is 2.79. The molecule has 7 heteroatoms. The maximum absolute atomic E-state index is 10.0. The molecule has 0 aliphatic heterocycles. The molecule has 1 unspecified atom stereocenters. The first-order valence-corrected chi connectivity index (χ1v) is 9.10. The Hall–Kier alpha value is -2.60. The molecule has 6 nitrogen and oxygen atoms in total. The maximum Gasteiger partial charge on any atom is 0.200 e. The van der Waals surface area contributed by atoms with E-state index in [-0.39, 0.29) is 11.8 Å². The number of methoxy groups -OCH3 is 2. The normalized spacial score (nSPS) is 12.4. The molecule has 0 aromatic heterocycles. The van der Waals surface area contributed by atoms with Crippen LogP contribution in [-0.4, -0.2) is 31.8 Å². The molecule has 2 aromatic rings. The van der Waals surface area contributed by atoms with E-state index in [9.17, 15) is 5.11 Å². The molecule has 0 radical (unpaired) electrons. The topological polar surface area (TPSA) is 75.1 Å². The molecule has 0 bridgehead atoms. The number of nitrogens with one attached hydrogen (secondary N) is 2. The van der Waals surface area contributed by atoms with Crippen molar-refractivity contribution < 1.29 is 14.6 Å². The summed E-state index contributed by atoms with van der Waals surface area (Å²) in [5.41, 5.74) is 1.93. The van der Waals surface area contributed by atoms with Crippen LogP contribution in [0.15, 0.2) is 41.4 Å². The lowest BCUT2D eigenvalue weighted by Gasteiger charge is -2.18. The summed E-state index contributed by atoms with van der Waals surface area (Å²) >= 11 is 6.08. The van der Waals surface area contributed by atoms with E-state index >= 15 is 0 Å². The van der Waals surface area contributed by atoms with E-state index in [2.05, 4.69) is 15.6 Å². The quantitative estimate of drug-likeness (QED) is 0.493. The van der Waals surface area contributed by atoms with Crippen molar-refractivity contribution in [2.75, 3.05) is 20.8 Å². The first kappa shape index (κ1) is 20.7. The number of ether oxygens (including phenoxy) is 2. The summed E-state index contributed by atoms with van der Waals surface area (Å²) in [7, 11) is 3.00. The minimum absolute atomic E-state index is 0.0210. The smallest absolute Gasteiger partial charge is 0.200 e. The summed E-state index contributed by atoms with van der Waals surface area (Å²) in [4.78, 5) is 4.62. The Bertz CT molecular complexity index is 771. The molecule has 0 amide bonds. The first-order valence-electron chi connectivity index (χ1n) is 8.72. The highest BCUT2D eigenvalue weighted by Crippen LogP contribution is 2.37. The molecule has 27 heavy (non-hydrogen) atoms. The van der Waals surface area contributed by atoms with Gasteiger partial charge in [0.2, 0.25) is 5.75 Å². The summed E-state index contributed by atoms with van der Waals surface area (Å²) in [5.74, 6) is 1.36. The highest BCUT2D eigenvalue weighted by atomic mass is 35.5. The van der Waals surface area contributed by atoms with Crippen molar-refractivity contribution in [2.24, 2.45) is 4.99 Å². The Kier molecular flexibility index (Phi) is 7.61. The zero-order chi connectivity index (χ0) is 19.8. The third-order valence-electron chi connectivity index (χ3n) is 4.01. The van der Waals surface area contributed by atoms with Crippen LogP contribution in [0.1, 0.15) is 31.0 Å². The lowest BCUT2D eigenvalue weighted by Crippen LogP contribution is -2.38. The van der Waals surface area contributed by atoms with Gasteiger partial charge >= 0.3 is 0 Å². The number of hydrogen-bond acceptors (Lipinski definition) is 4. The van der Waals surface area contributed by atoms with Gasteiger partial charge in [0.25, 0.3) is 0 Å². The molecule has 2 rings (SSSR count). The van der Waals surface area contributed by atoms with Crippen LogP contribution in [0.2, 0.25) is 5.02 Å². The molecule has 146 valence electrons. The van der Waals surface area contributed by atoms with E-state index in [1.54, 1.807) is 12.1 Å². The molecular weight excluding hydrogens is 366 g/mol. The zero-order valence-electron chi connectivity index (χ0n) is 16.0. The zero-order valence-corrected chi connectivity index (χ0v) is 16.8. The van der Waals surface area contributed by atoms with Crippen LogP contribution in [-0.2, 0) is 6.54 Å². The number of phenolic OH excluding ortho intramolecular Hbond substituents is 1. The van der Waals surface area contributed by atoms with Gasteiger partial charge in [-0.05, 0) is 49.2 Å². The summed E-state index contributed by atoms with van der Waals surface area (Å²) in [6.45, 7) is 5.18. The molecule has 0 saturated carbocycles. The second-order valence-electron chi connectivity index (χ2n) is 5.97. The molecule has 0 spiro atoms. The average Bonchev–Trinajstić information content (AvgIpc) is 2.67. The van der Waals surface area contributed by atoms with Crippen molar-refractivity contribution in [1.82, 2.24) is 10.6 Å². The highest BCUT2D eigenvalue weighted by Gasteiger charge is 2.12. The minimum atomic E-state index is -0.0210. The van der Waals surface area contributed by atoms with Gasteiger partial charge < -0.3 is 25.2 Å². The Morgan fingerprint density at radius 3 is 2.41 bits per heavy atom. The second kappa shape index (κ2) is 9.92. The molecule has 0 fully saturated rings. The van der Waals surface area contributed by atoms with E-state index < -0.39 is 0 Å². The van der Waals surface area contributed by atoms with E-state index in [1.165, 1.54) is 14.2 Å². The molecule has 0 saturated heterocycles. The van der Waals surface area contributed by atoms with Crippen LogP contribution in [0.4, 0.5) is 0 Å². The number of rotatable bonds is 7. The van der Waals surface area contributed by atoms with Crippen LogP contribution in [0.25, 0.3) is 0 Å². The number of guanidine groups is 1.